The fourth-order valence-electron chi connectivity index (χ4n) is 2.40. The van der Waals surface area contributed by atoms with Gasteiger partial charge in [0.1, 0.15) is 5.75 Å². The van der Waals surface area contributed by atoms with Gasteiger partial charge in [0.25, 0.3) is 5.91 Å². The van der Waals surface area contributed by atoms with Crippen molar-refractivity contribution in [2.75, 3.05) is 19.8 Å². The first kappa shape index (κ1) is 21.3. The van der Waals surface area contributed by atoms with Crippen molar-refractivity contribution in [3.63, 3.8) is 0 Å². The standard InChI is InChI=1S/C22H28N2O4/c1-4-13-27-19-10-8-7-9-18(19)16-23-24-22(25)17-11-12-20(28-14-5-2)21(15-17)26-6-3/h7-12,15-16H,4-6,13-14H2,1-3H3,(H,24,25)/b23-16+. The molecule has 0 saturated heterocycles. The molecule has 0 unspecified atom stereocenters. The van der Waals surface area contributed by atoms with Crippen LogP contribution in [0, 0.1) is 0 Å². The fourth-order valence-corrected chi connectivity index (χ4v) is 2.40. The second-order valence-electron chi connectivity index (χ2n) is 6.03. The average Bonchev–Trinajstić information content (AvgIpc) is 2.72. The van der Waals surface area contributed by atoms with Gasteiger partial charge in [0.2, 0.25) is 0 Å². The Morgan fingerprint density at radius 3 is 2.36 bits per heavy atom. The molecule has 0 aliphatic carbocycles. The number of hydrogen-bond donors (Lipinski definition) is 1. The zero-order valence-corrected chi connectivity index (χ0v) is 16.7. The molecule has 1 amide bonds. The molecule has 0 bridgehead atoms. The number of ether oxygens (including phenoxy) is 3. The predicted octanol–water partition coefficient (Wildman–Crippen LogP) is 4.43. The molecule has 0 aliphatic rings. The predicted molar refractivity (Wildman–Crippen MR) is 111 cm³/mol. The van der Waals surface area contributed by atoms with Crippen LogP contribution in [0.25, 0.3) is 0 Å². The molecular weight excluding hydrogens is 356 g/mol. The molecule has 2 aromatic rings. The lowest BCUT2D eigenvalue weighted by Crippen LogP contribution is -2.18. The quantitative estimate of drug-likeness (QED) is 0.460. The van der Waals surface area contributed by atoms with Gasteiger partial charge in [-0.3, -0.25) is 4.79 Å². The van der Waals surface area contributed by atoms with Gasteiger partial charge >= 0.3 is 0 Å². The van der Waals surface area contributed by atoms with Crippen molar-refractivity contribution in [3.05, 3.63) is 53.6 Å². The van der Waals surface area contributed by atoms with Crippen molar-refractivity contribution in [1.82, 2.24) is 5.43 Å². The molecule has 0 radical (unpaired) electrons. The van der Waals surface area contributed by atoms with Gasteiger partial charge in [-0.15, -0.1) is 0 Å². The van der Waals surface area contributed by atoms with Gasteiger partial charge in [-0.1, -0.05) is 26.0 Å². The number of para-hydroxylation sites is 1. The third kappa shape index (κ3) is 6.30. The minimum atomic E-state index is -0.328. The third-order valence-corrected chi connectivity index (χ3v) is 3.72. The van der Waals surface area contributed by atoms with Gasteiger partial charge in [0.05, 0.1) is 26.0 Å². The Morgan fingerprint density at radius 1 is 0.929 bits per heavy atom. The average molecular weight is 384 g/mol. The summed E-state index contributed by atoms with van der Waals surface area (Å²) in [6, 6.07) is 12.7. The minimum Gasteiger partial charge on any atom is -0.493 e. The van der Waals surface area contributed by atoms with Crippen LogP contribution >= 0.6 is 0 Å². The van der Waals surface area contributed by atoms with Crippen molar-refractivity contribution in [1.29, 1.82) is 0 Å². The van der Waals surface area contributed by atoms with Gasteiger partial charge in [-0.05, 0) is 50.1 Å². The van der Waals surface area contributed by atoms with Crippen molar-refractivity contribution in [2.24, 2.45) is 5.10 Å². The number of carbonyl (C=O) groups excluding carboxylic acids is 1. The largest absolute Gasteiger partial charge is 0.493 e. The topological polar surface area (TPSA) is 69.2 Å². The molecule has 28 heavy (non-hydrogen) atoms. The maximum Gasteiger partial charge on any atom is 0.271 e. The lowest BCUT2D eigenvalue weighted by Gasteiger charge is -2.12. The highest BCUT2D eigenvalue weighted by Gasteiger charge is 2.11. The van der Waals surface area contributed by atoms with E-state index >= 15 is 0 Å². The molecule has 2 rings (SSSR count). The molecule has 0 saturated carbocycles. The highest BCUT2D eigenvalue weighted by molar-refractivity contribution is 5.95. The van der Waals surface area contributed by atoms with Crippen molar-refractivity contribution in [3.8, 4) is 17.2 Å². The Labute approximate surface area is 166 Å². The highest BCUT2D eigenvalue weighted by Crippen LogP contribution is 2.28. The summed E-state index contributed by atoms with van der Waals surface area (Å²) in [6.45, 7) is 7.68. The lowest BCUT2D eigenvalue weighted by atomic mass is 10.2. The number of rotatable bonds is 11. The second kappa shape index (κ2) is 11.6. The third-order valence-electron chi connectivity index (χ3n) is 3.72. The van der Waals surface area contributed by atoms with Gasteiger partial charge < -0.3 is 14.2 Å². The van der Waals surface area contributed by atoms with Crippen molar-refractivity contribution in [2.45, 2.75) is 33.6 Å². The molecule has 6 heteroatoms. The number of amides is 1. The fraction of sp³-hybridized carbons (Fsp3) is 0.364. The molecule has 0 fully saturated rings. The normalized spacial score (nSPS) is 10.7. The Balaban J connectivity index is 2.06. The Hall–Kier alpha value is -3.02. The lowest BCUT2D eigenvalue weighted by molar-refractivity contribution is 0.0954. The molecule has 0 spiro atoms. The van der Waals surface area contributed by atoms with Crippen LogP contribution in [-0.2, 0) is 0 Å². The molecule has 2 aromatic carbocycles. The SMILES string of the molecule is CCCOc1ccccc1/C=N/NC(=O)c1ccc(OCCC)c(OCC)c1. The van der Waals surface area contributed by atoms with E-state index in [0.29, 0.717) is 36.9 Å². The number of nitrogens with one attached hydrogen (secondary N) is 1. The monoisotopic (exact) mass is 384 g/mol. The molecule has 0 atom stereocenters. The van der Waals surface area contributed by atoms with Crippen LogP contribution in [0.2, 0.25) is 0 Å². The molecule has 0 aromatic heterocycles. The van der Waals surface area contributed by atoms with E-state index < -0.39 is 0 Å². The van der Waals surface area contributed by atoms with Gasteiger partial charge in [-0.2, -0.15) is 5.10 Å². The Kier molecular flexibility index (Phi) is 8.85. The maximum absolute atomic E-state index is 12.4. The van der Waals surface area contributed by atoms with Gasteiger partial charge in [0, 0.05) is 11.1 Å². The first-order valence-corrected chi connectivity index (χ1v) is 9.64. The Morgan fingerprint density at radius 2 is 1.64 bits per heavy atom. The molecular formula is C22H28N2O4. The number of carbonyl (C=O) groups is 1. The highest BCUT2D eigenvalue weighted by atomic mass is 16.5. The van der Waals surface area contributed by atoms with E-state index in [4.69, 9.17) is 14.2 Å². The van der Waals surface area contributed by atoms with Crippen molar-refractivity contribution < 1.29 is 19.0 Å². The summed E-state index contributed by atoms with van der Waals surface area (Å²) < 4.78 is 16.9. The summed E-state index contributed by atoms with van der Waals surface area (Å²) in [4.78, 5) is 12.4. The smallest absolute Gasteiger partial charge is 0.271 e. The number of benzene rings is 2. The van der Waals surface area contributed by atoms with Gasteiger partial charge in [-0.25, -0.2) is 5.43 Å². The van der Waals surface area contributed by atoms with E-state index in [9.17, 15) is 4.79 Å². The summed E-state index contributed by atoms with van der Waals surface area (Å²) in [6.07, 6.45) is 3.39. The molecule has 150 valence electrons. The number of nitrogens with zero attached hydrogens (tertiary/aromatic N) is 1. The summed E-state index contributed by atoms with van der Waals surface area (Å²) in [5.41, 5.74) is 3.79. The Bertz CT molecular complexity index is 790. The summed E-state index contributed by atoms with van der Waals surface area (Å²) in [5, 5.41) is 4.06. The van der Waals surface area contributed by atoms with E-state index in [1.54, 1.807) is 24.4 Å². The maximum atomic E-state index is 12.4. The van der Waals surface area contributed by atoms with E-state index in [2.05, 4.69) is 10.5 Å². The van der Waals surface area contributed by atoms with Gasteiger partial charge in [0.15, 0.2) is 11.5 Å². The molecule has 1 N–H and O–H groups in total. The van der Waals surface area contributed by atoms with Crippen LogP contribution in [-0.4, -0.2) is 31.9 Å². The number of hydrazone groups is 1. The summed E-state index contributed by atoms with van der Waals surface area (Å²) >= 11 is 0. The molecule has 0 heterocycles. The second-order valence-corrected chi connectivity index (χ2v) is 6.03. The molecule has 0 aliphatic heterocycles. The van der Waals surface area contributed by atoms with Crippen LogP contribution in [0.5, 0.6) is 17.2 Å². The minimum absolute atomic E-state index is 0.328. The van der Waals surface area contributed by atoms with Crippen LogP contribution in [0.15, 0.2) is 47.6 Å². The van der Waals surface area contributed by atoms with E-state index in [1.807, 2.05) is 45.0 Å². The van der Waals surface area contributed by atoms with Crippen LogP contribution < -0.4 is 19.6 Å². The molecule has 6 nitrogen and oxygen atoms in total. The summed E-state index contributed by atoms with van der Waals surface area (Å²) in [7, 11) is 0. The van der Waals surface area contributed by atoms with Crippen LogP contribution in [0.3, 0.4) is 0 Å². The number of hydrogen-bond acceptors (Lipinski definition) is 5. The van der Waals surface area contributed by atoms with Crippen LogP contribution in [0.1, 0.15) is 49.5 Å². The zero-order valence-electron chi connectivity index (χ0n) is 16.7. The summed E-state index contributed by atoms with van der Waals surface area (Å²) in [5.74, 6) is 1.58. The van der Waals surface area contributed by atoms with E-state index in [0.717, 1.165) is 24.2 Å². The van der Waals surface area contributed by atoms with Crippen LogP contribution in [0.4, 0.5) is 0 Å². The zero-order chi connectivity index (χ0) is 20.2. The van der Waals surface area contributed by atoms with E-state index in [-0.39, 0.29) is 5.91 Å². The van der Waals surface area contributed by atoms with E-state index in [1.165, 1.54) is 0 Å². The first-order chi connectivity index (χ1) is 13.7. The first-order valence-electron chi connectivity index (χ1n) is 9.64. The van der Waals surface area contributed by atoms with Crippen molar-refractivity contribution >= 4 is 12.1 Å².